The second-order valence-electron chi connectivity index (χ2n) is 2.76. The van der Waals surface area contributed by atoms with Crippen molar-refractivity contribution in [3.63, 3.8) is 0 Å². The molecule has 0 aromatic heterocycles. The Bertz CT molecular complexity index is 393. The summed E-state index contributed by atoms with van der Waals surface area (Å²) in [4.78, 5) is 7.97. The highest BCUT2D eigenvalue weighted by Gasteiger charge is 2.34. The van der Waals surface area contributed by atoms with Crippen molar-refractivity contribution in [1.29, 1.82) is 0 Å². The molecule has 0 amide bonds. The van der Waals surface area contributed by atoms with E-state index in [1.807, 2.05) is 30.3 Å². The summed E-state index contributed by atoms with van der Waals surface area (Å²) in [7, 11) is 0. The minimum absolute atomic E-state index is 0.144. The van der Waals surface area contributed by atoms with Gasteiger partial charge in [-0.15, -0.1) is 0 Å². The summed E-state index contributed by atoms with van der Waals surface area (Å²) in [5.74, 6) is 0. The molecule has 1 heterocycles. The first-order chi connectivity index (χ1) is 6.62. The highest BCUT2D eigenvalue weighted by molar-refractivity contribution is 7.01. The van der Waals surface area contributed by atoms with Crippen molar-refractivity contribution in [3.05, 3.63) is 35.9 Å². The van der Waals surface area contributed by atoms with E-state index < -0.39 is 5.12 Å². The molecule has 5 heteroatoms. The SMILES string of the molecule is ClC1=NC(Cl)(c2ccccc2)N=C1Cl. The van der Waals surface area contributed by atoms with Gasteiger partial charge < -0.3 is 0 Å². The van der Waals surface area contributed by atoms with E-state index in [1.54, 1.807) is 0 Å². The van der Waals surface area contributed by atoms with Crippen LogP contribution < -0.4 is 0 Å². The smallest absolute Gasteiger partial charge is 0.220 e. The average molecular weight is 248 g/mol. The molecule has 1 aliphatic rings. The number of alkyl halides is 1. The molecule has 0 saturated heterocycles. The zero-order chi connectivity index (χ0) is 10.2. The Morgan fingerprint density at radius 1 is 0.929 bits per heavy atom. The number of rotatable bonds is 1. The van der Waals surface area contributed by atoms with E-state index in [0.717, 1.165) is 5.56 Å². The van der Waals surface area contributed by atoms with Gasteiger partial charge in [0.15, 0.2) is 10.3 Å². The highest BCUT2D eigenvalue weighted by Crippen LogP contribution is 2.37. The molecule has 0 radical (unpaired) electrons. The maximum Gasteiger partial charge on any atom is 0.255 e. The van der Waals surface area contributed by atoms with Crippen LogP contribution in [0.3, 0.4) is 0 Å². The molecular formula is C9H5Cl3N2. The summed E-state index contributed by atoms with van der Waals surface area (Å²) < 4.78 is 0. The third kappa shape index (κ3) is 1.65. The Kier molecular flexibility index (Phi) is 2.52. The molecule has 72 valence electrons. The Morgan fingerprint density at radius 2 is 1.43 bits per heavy atom. The Hall–Kier alpha value is -0.570. The van der Waals surface area contributed by atoms with Gasteiger partial charge in [0.2, 0.25) is 0 Å². The van der Waals surface area contributed by atoms with Crippen molar-refractivity contribution in [2.75, 3.05) is 0 Å². The quantitative estimate of drug-likeness (QED) is 0.537. The zero-order valence-electron chi connectivity index (χ0n) is 6.92. The van der Waals surface area contributed by atoms with Crippen LogP contribution in [-0.4, -0.2) is 10.3 Å². The summed E-state index contributed by atoms with van der Waals surface area (Å²) >= 11 is 17.5. The van der Waals surface area contributed by atoms with Gasteiger partial charge in [0.05, 0.1) is 0 Å². The van der Waals surface area contributed by atoms with E-state index in [4.69, 9.17) is 34.8 Å². The van der Waals surface area contributed by atoms with Gasteiger partial charge >= 0.3 is 0 Å². The lowest BCUT2D eigenvalue weighted by atomic mass is 10.2. The number of nitrogens with zero attached hydrogens (tertiary/aromatic N) is 2. The van der Waals surface area contributed by atoms with Crippen LogP contribution in [0, 0.1) is 0 Å². The normalized spacial score (nSPS) is 19.1. The molecule has 0 aliphatic carbocycles. The van der Waals surface area contributed by atoms with E-state index in [2.05, 4.69) is 9.98 Å². The van der Waals surface area contributed by atoms with Crippen LogP contribution in [-0.2, 0) is 5.12 Å². The van der Waals surface area contributed by atoms with Crippen molar-refractivity contribution >= 4 is 45.1 Å². The maximum absolute atomic E-state index is 6.14. The molecule has 1 aromatic carbocycles. The summed E-state index contributed by atoms with van der Waals surface area (Å²) in [6.45, 7) is 0. The Morgan fingerprint density at radius 3 is 1.93 bits per heavy atom. The summed E-state index contributed by atoms with van der Waals surface area (Å²) in [6, 6.07) is 9.23. The molecule has 0 saturated carbocycles. The van der Waals surface area contributed by atoms with Crippen LogP contribution >= 0.6 is 34.8 Å². The predicted octanol–water partition coefficient (Wildman–Crippen LogP) is 3.32. The number of benzene rings is 1. The zero-order valence-corrected chi connectivity index (χ0v) is 9.18. The molecule has 14 heavy (non-hydrogen) atoms. The van der Waals surface area contributed by atoms with Crippen LogP contribution in [0.5, 0.6) is 0 Å². The van der Waals surface area contributed by atoms with Crippen molar-refractivity contribution in [1.82, 2.24) is 0 Å². The van der Waals surface area contributed by atoms with Crippen molar-refractivity contribution in [2.45, 2.75) is 5.12 Å². The largest absolute Gasteiger partial charge is 0.255 e. The van der Waals surface area contributed by atoms with Crippen LogP contribution in [0.2, 0.25) is 0 Å². The van der Waals surface area contributed by atoms with Crippen LogP contribution in [0.4, 0.5) is 0 Å². The second-order valence-corrected chi connectivity index (χ2v) is 4.00. The first kappa shape index (κ1) is 9.97. The lowest BCUT2D eigenvalue weighted by Crippen LogP contribution is -2.09. The van der Waals surface area contributed by atoms with Gasteiger partial charge in [-0.05, 0) is 0 Å². The fourth-order valence-electron chi connectivity index (χ4n) is 1.16. The van der Waals surface area contributed by atoms with E-state index in [1.165, 1.54) is 0 Å². The molecule has 0 unspecified atom stereocenters. The molecule has 0 N–H and O–H groups in total. The van der Waals surface area contributed by atoms with Gasteiger partial charge in [-0.25, -0.2) is 9.98 Å². The molecule has 1 aromatic rings. The molecule has 2 rings (SSSR count). The van der Waals surface area contributed by atoms with Crippen molar-refractivity contribution in [3.8, 4) is 0 Å². The van der Waals surface area contributed by atoms with E-state index in [-0.39, 0.29) is 10.3 Å². The second kappa shape index (κ2) is 3.54. The number of hydrogen-bond acceptors (Lipinski definition) is 2. The molecule has 0 spiro atoms. The van der Waals surface area contributed by atoms with Crippen LogP contribution in [0.1, 0.15) is 5.56 Å². The predicted molar refractivity (Wildman–Crippen MR) is 60.5 cm³/mol. The van der Waals surface area contributed by atoms with Gasteiger partial charge in [0.25, 0.3) is 5.12 Å². The fourth-order valence-corrected chi connectivity index (χ4v) is 1.87. The lowest BCUT2D eigenvalue weighted by Gasteiger charge is -2.13. The molecule has 0 fully saturated rings. The van der Waals surface area contributed by atoms with E-state index in [9.17, 15) is 0 Å². The van der Waals surface area contributed by atoms with Crippen molar-refractivity contribution in [2.24, 2.45) is 9.98 Å². The number of halogens is 3. The number of hydrogen-bond donors (Lipinski definition) is 0. The molecular weight excluding hydrogens is 242 g/mol. The third-order valence-corrected chi connectivity index (χ3v) is 2.81. The minimum Gasteiger partial charge on any atom is -0.220 e. The minimum atomic E-state index is -1.19. The first-order valence-corrected chi connectivity index (χ1v) is 5.01. The molecule has 1 aliphatic heterocycles. The van der Waals surface area contributed by atoms with Gasteiger partial charge in [-0.3, -0.25) is 0 Å². The first-order valence-electron chi connectivity index (χ1n) is 3.87. The topological polar surface area (TPSA) is 24.7 Å². The van der Waals surface area contributed by atoms with E-state index >= 15 is 0 Å². The van der Waals surface area contributed by atoms with Crippen molar-refractivity contribution < 1.29 is 0 Å². The van der Waals surface area contributed by atoms with Crippen LogP contribution in [0.15, 0.2) is 40.3 Å². The van der Waals surface area contributed by atoms with Gasteiger partial charge in [-0.2, -0.15) is 0 Å². The monoisotopic (exact) mass is 246 g/mol. The van der Waals surface area contributed by atoms with Gasteiger partial charge in [-0.1, -0.05) is 65.1 Å². The summed E-state index contributed by atoms with van der Waals surface area (Å²) in [5, 5.41) is -0.897. The summed E-state index contributed by atoms with van der Waals surface area (Å²) in [5.41, 5.74) is 0.746. The number of aliphatic imine (C=N–C) groups is 2. The van der Waals surface area contributed by atoms with Gasteiger partial charge in [0.1, 0.15) is 0 Å². The van der Waals surface area contributed by atoms with E-state index in [0.29, 0.717) is 0 Å². The van der Waals surface area contributed by atoms with Crippen LogP contribution in [0.25, 0.3) is 0 Å². The molecule has 2 nitrogen and oxygen atoms in total. The average Bonchev–Trinajstić information content (AvgIpc) is 2.44. The fraction of sp³-hybridized carbons (Fsp3) is 0.111. The summed E-state index contributed by atoms with van der Waals surface area (Å²) in [6.07, 6.45) is 0. The Balaban J connectivity index is 2.47. The van der Waals surface area contributed by atoms with Gasteiger partial charge in [0, 0.05) is 5.56 Å². The standard InChI is InChI=1S/C9H5Cl3N2/c10-7-8(11)14-9(12,13-7)6-4-2-1-3-5-6/h1-5H. The highest BCUT2D eigenvalue weighted by atomic mass is 35.5. The molecule has 0 atom stereocenters. The third-order valence-electron chi connectivity index (χ3n) is 1.80. The Labute approximate surface area is 96.2 Å². The molecule has 0 bridgehead atoms. The lowest BCUT2D eigenvalue weighted by molar-refractivity contribution is 0.705. The maximum atomic E-state index is 6.14.